The van der Waals surface area contributed by atoms with Gasteiger partial charge in [-0.2, -0.15) is 0 Å². The first-order valence-corrected chi connectivity index (χ1v) is 7.63. The first kappa shape index (κ1) is 14.3. The summed E-state index contributed by atoms with van der Waals surface area (Å²) in [6.07, 6.45) is 10.5. The van der Waals surface area contributed by atoms with Gasteiger partial charge in [-0.15, -0.1) is 0 Å². The van der Waals surface area contributed by atoms with Crippen LogP contribution in [0.15, 0.2) is 30.3 Å². The topological polar surface area (TPSA) is 0 Å². The summed E-state index contributed by atoms with van der Waals surface area (Å²) in [5.74, 6) is 1.52. The van der Waals surface area contributed by atoms with Crippen molar-refractivity contribution in [3.8, 4) is 0 Å². The Kier molecular flexibility index (Phi) is 5.18. The highest BCUT2D eigenvalue weighted by molar-refractivity contribution is 5.63. The zero-order valence-electron chi connectivity index (χ0n) is 12.2. The molecule has 0 aliphatic heterocycles. The molecule has 0 N–H and O–H groups in total. The van der Waals surface area contributed by atoms with E-state index in [-0.39, 0.29) is 5.82 Å². The number of benzene rings is 1. The molecule has 1 fully saturated rings. The Morgan fingerprint density at radius 2 is 1.79 bits per heavy atom. The molecule has 0 atom stereocenters. The lowest BCUT2D eigenvalue weighted by Gasteiger charge is -2.27. The minimum atomic E-state index is -0.156. The molecular formula is C18H25F. The average Bonchev–Trinajstić information content (AvgIpc) is 2.42. The van der Waals surface area contributed by atoms with Crippen molar-refractivity contribution in [2.24, 2.45) is 11.8 Å². The quantitative estimate of drug-likeness (QED) is 0.638. The van der Waals surface area contributed by atoms with Crippen molar-refractivity contribution in [3.05, 3.63) is 41.7 Å². The van der Waals surface area contributed by atoms with Crippen molar-refractivity contribution < 1.29 is 4.39 Å². The fraction of sp³-hybridized carbons (Fsp3) is 0.556. The molecule has 0 nitrogen and oxygen atoms in total. The maximum Gasteiger partial charge on any atom is 0.123 e. The molecule has 0 aromatic heterocycles. The SMILES string of the molecule is CCCC1CCC(/C=C(\C)c2ccc(F)cc2)CC1. The van der Waals surface area contributed by atoms with E-state index in [0.717, 1.165) is 17.4 Å². The van der Waals surface area contributed by atoms with Gasteiger partial charge in [-0.25, -0.2) is 4.39 Å². The van der Waals surface area contributed by atoms with E-state index in [1.165, 1.54) is 44.1 Å². The van der Waals surface area contributed by atoms with Crippen molar-refractivity contribution in [3.63, 3.8) is 0 Å². The Morgan fingerprint density at radius 1 is 1.16 bits per heavy atom. The van der Waals surface area contributed by atoms with Crippen molar-refractivity contribution >= 4 is 5.57 Å². The molecule has 0 amide bonds. The van der Waals surface area contributed by atoms with Gasteiger partial charge in [0.2, 0.25) is 0 Å². The molecule has 0 spiro atoms. The van der Waals surface area contributed by atoms with E-state index in [4.69, 9.17) is 0 Å². The second-order valence-electron chi connectivity index (χ2n) is 5.93. The molecule has 0 radical (unpaired) electrons. The summed E-state index contributed by atoms with van der Waals surface area (Å²) in [5.41, 5.74) is 2.44. The molecule has 0 heterocycles. The van der Waals surface area contributed by atoms with Crippen LogP contribution in [0.3, 0.4) is 0 Å². The molecule has 1 aromatic rings. The molecule has 19 heavy (non-hydrogen) atoms. The highest BCUT2D eigenvalue weighted by Gasteiger charge is 2.19. The van der Waals surface area contributed by atoms with E-state index in [1.54, 1.807) is 12.1 Å². The largest absolute Gasteiger partial charge is 0.207 e. The molecule has 1 aliphatic carbocycles. The van der Waals surface area contributed by atoms with Gasteiger partial charge in [0.25, 0.3) is 0 Å². The minimum absolute atomic E-state index is 0.156. The number of hydrogen-bond acceptors (Lipinski definition) is 0. The van der Waals surface area contributed by atoms with E-state index in [0.29, 0.717) is 0 Å². The highest BCUT2D eigenvalue weighted by atomic mass is 19.1. The highest BCUT2D eigenvalue weighted by Crippen LogP contribution is 2.33. The normalized spacial score (nSPS) is 24.5. The first-order valence-electron chi connectivity index (χ1n) is 7.63. The molecule has 0 unspecified atom stereocenters. The van der Waals surface area contributed by atoms with Gasteiger partial charge in [0.15, 0.2) is 0 Å². The summed E-state index contributed by atoms with van der Waals surface area (Å²) < 4.78 is 12.9. The summed E-state index contributed by atoms with van der Waals surface area (Å²) in [5, 5.41) is 0. The molecule has 1 aromatic carbocycles. The zero-order chi connectivity index (χ0) is 13.7. The average molecular weight is 260 g/mol. The number of halogens is 1. The Hall–Kier alpha value is -1.11. The van der Waals surface area contributed by atoms with Crippen LogP contribution in [0.1, 0.15) is 57.9 Å². The van der Waals surface area contributed by atoms with Crippen molar-refractivity contribution in [2.45, 2.75) is 52.4 Å². The first-order chi connectivity index (χ1) is 9.19. The Bertz CT molecular complexity index is 408. The smallest absolute Gasteiger partial charge is 0.123 e. The lowest BCUT2D eigenvalue weighted by atomic mass is 9.79. The second kappa shape index (κ2) is 6.88. The standard InChI is InChI=1S/C18H25F/c1-3-4-15-5-7-16(8-6-15)13-14(2)17-9-11-18(19)12-10-17/h9-13,15-16H,3-8H2,1-2H3/b14-13+. The third-order valence-corrected chi connectivity index (χ3v) is 4.37. The number of hydrogen-bond donors (Lipinski definition) is 0. The zero-order valence-corrected chi connectivity index (χ0v) is 12.2. The lowest BCUT2D eigenvalue weighted by molar-refractivity contribution is 0.294. The van der Waals surface area contributed by atoms with Crippen LogP contribution in [0.25, 0.3) is 5.57 Å². The summed E-state index contributed by atoms with van der Waals surface area (Å²) in [4.78, 5) is 0. The van der Waals surface area contributed by atoms with E-state index < -0.39 is 0 Å². The van der Waals surface area contributed by atoms with Gasteiger partial charge in [-0.3, -0.25) is 0 Å². The van der Waals surface area contributed by atoms with Crippen LogP contribution in [0, 0.1) is 17.7 Å². The van der Waals surface area contributed by atoms with E-state index >= 15 is 0 Å². The molecular weight excluding hydrogens is 235 g/mol. The van der Waals surface area contributed by atoms with Gasteiger partial charge in [0, 0.05) is 0 Å². The predicted octanol–water partition coefficient (Wildman–Crippen LogP) is 5.84. The molecule has 104 valence electrons. The number of allylic oxidation sites excluding steroid dienone is 2. The summed E-state index contributed by atoms with van der Waals surface area (Å²) in [7, 11) is 0. The molecule has 2 rings (SSSR count). The van der Waals surface area contributed by atoms with Gasteiger partial charge in [0.05, 0.1) is 0 Å². The monoisotopic (exact) mass is 260 g/mol. The summed E-state index contributed by atoms with van der Waals surface area (Å²) in [6.45, 7) is 4.43. The van der Waals surface area contributed by atoms with Crippen LogP contribution >= 0.6 is 0 Å². The maximum atomic E-state index is 12.9. The van der Waals surface area contributed by atoms with Gasteiger partial charge >= 0.3 is 0 Å². The van der Waals surface area contributed by atoms with Gasteiger partial charge in [0.1, 0.15) is 5.82 Å². The lowest BCUT2D eigenvalue weighted by Crippen LogP contribution is -2.13. The fourth-order valence-electron chi connectivity index (χ4n) is 3.21. The maximum absolute atomic E-state index is 12.9. The summed E-state index contributed by atoms with van der Waals surface area (Å²) in [6, 6.07) is 6.85. The molecule has 1 heteroatoms. The van der Waals surface area contributed by atoms with E-state index in [2.05, 4.69) is 19.9 Å². The van der Waals surface area contributed by atoms with Crippen LogP contribution < -0.4 is 0 Å². The molecule has 0 bridgehead atoms. The van der Waals surface area contributed by atoms with Gasteiger partial charge in [-0.1, -0.05) is 38.0 Å². The molecule has 0 saturated heterocycles. The van der Waals surface area contributed by atoms with Gasteiger partial charge < -0.3 is 0 Å². The van der Waals surface area contributed by atoms with Gasteiger partial charge in [-0.05, 0) is 67.7 Å². The molecule has 1 saturated carbocycles. The third-order valence-electron chi connectivity index (χ3n) is 4.37. The van der Waals surface area contributed by atoms with Crippen molar-refractivity contribution in [1.82, 2.24) is 0 Å². The van der Waals surface area contributed by atoms with E-state index in [9.17, 15) is 4.39 Å². The second-order valence-corrected chi connectivity index (χ2v) is 5.93. The van der Waals surface area contributed by atoms with Crippen molar-refractivity contribution in [1.29, 1.82) is 0 Å². The predicted molar refractivity (Wildman–Crippen MR) is 80.4 cm³/mol. The Balaban J connectivity index is 1.93. The summed E-state index contributed by atoms with van der Waals surface area (Å²) >= 11 is 0. The third kappa shape index (κ3) is 4.19. The van der Waals surface area contributed by atoms with Crippen LogP contribution in [0.4, 0.5) is 4.39 Å². The van der Waals surface area contributed by atoms with Crippen LogP contribution in [0.5, 0.6) is 0 Å². The van der Waals surface area contributed by atoms with Crippen molar-refractivity contribution in [2.75, 3.05) is 0 Å². The Morgan fingerprint density at radius 3 is 2.37 bits per heavy atom. The molecule has 1 aliphatic rings. The Labute approximate surface area is 116 Å². The fourth-order valence-corrected chi connectivity index (χ4v) is 3.21. The van der Waals surface area contributed by atoms with E-state index in [1.807, 2.05) is 12.1 Å². The number of rotatable bonds is 4. The van der Waals surface area contributed by atoms with Crippen LogP contribution in [-0.4, -0.2) is 0 Å². The van der Waals surface area contributed by atoms with Crippen LogP contribution in [0.2, 0.25) is 0 Å². The van der Waals surface area contributed by atoms with Crippen LogP contribution in [-0.2, 0) is 0 Å². The minimum Gasteiger partial charge on any atom is -0.207 e.